The van der Waals surface area contributed by atoms with Crippen LogP contribution in [0.25, 0.3) is 10.2 Å². The highest BCUT2D eigenvalue weighted by molar-refractivity contribution is 7.89. The molecule has 0 radical (unpaired) electrons. The Kier molecular flexibility index (Phi) is 6.94. The molecule has 3 aromatic rings. The highest BCUT2D eigenvalue weighted by Gasteiger charge is 2.39. The molecule has 1 atom stereocenters. The van der Waals surface area contributed by atoms with Crippen molar-refractivity contribution in [2.45, 2.75) is 30.3 Å². The van der Waals surface area contributed by atoms with Crippen LogP contribution < -0.4 is 9.54 Å². The molecule has 1 aliphatic rings. The number of methoxy groups -OCH3 is 2. The number of aromatic nitrogens is 1. The van der Waals surface area contributed by atoms with Crippen molar-refractivity contribution in [1.82, 2.24) is 8.87 Å². The molecule has 0 saturated carbocycles. The van der Waals surface area contributed by atoms with Crippen molar-refractivity contribution < 1.29 is 27.1 Å². The summed E-state index contributed by atoms with van der Waals surface area (Å²) in [6, 6.07) is 9.29. The summed E-state index contributed by atoms with van der Waals surface area (Å²) in [5.41, 5.74) is 0.881. The Balaban J connectivity index is 1.71. The molecule has 1 saturated heterocycles. The van der Waals surface area contributed by atoms with E-state index in [1.165, 1.54) is 27.8 Å². The third kappa shape index (κ3) is 4.72. The first-order valence-electron chi connectivity index (χ1n) is 10.4. The van der Waals surface area contributed by atoms with E-state index in [0.29, 0.717) is 36.5 Å². The standard InChI is InChI=1S/C22H24FN3O5S2/c1-30-13-12-25-18-10-7-16(31-2)14-20(18)32-22(25)24-21(27)19-4-3-11-26(19)33(28,29)17-8-5-15(23)6-9-17/h5-10,14,19H,3-4,11-13H2,1-2H3. The van der Waals surface area contributed by atoms with Gasteiger partial charge < -0.3 is 14.0 Å². The van der Waals surface area contributed by atoms with Crippen LogP contribution in [0.2, 0.25) is 0 Å². The van der Waals surface area contributed by atoms with E-state index in [0.717, 1.165) is 22.3 Å². The number of hydrogen-bond acceptors (Lipinski definition) is 6. The molecule has 0 N–H and O–H groups in total. The molecule has 1 unspecified atom stereocenters. The number of carbonyl (C=O) groups excluding carboxylic acids is 1. The Hall–Kier alpha value is -2.60. The summed E-state index contributed by atoms with van der Waals surface area (Å²) < 4.78 is 53.9. The Morgan fingerprint density at radius 1 is 1.21 bits per heavy atom. The molecule has 33 heavy (non-hydrogen) atoms. The largest absolute Gasteiger partial charge is 0.497 e. The summed E-state index contributed by atoms with van der Waals surface area (Å²) in [5, 5.41) is 0. The molecule has 1 aliphatic heterocycles. The van der Waals surface area contributed by atoms with Crippen molar-refractivity contribution in [2.24, 2.45) is 4.99 Å². The van der Waals surface area contributed by atoms with E-state index in [4.69, 9.17) is 9.47 Å². The van der Waals surface area contributed by atoms with Crippen molar-refractivity contribution in [3.8, 4) is 5.75 Å². The fourth-order valence-electron chi connectivity index (χ4n) is 3.85. The van der Waals surface area contributed by atoms with Gasteiger partial charge in [-0.2, -0.15) is 9.30 Å². The summed E-state index contributed by atoms with van der Waals surface area (Å²) in [6.45, 7) is 1.11. The van der Waals surface area contributed by atoms with Gasteiger partial charge in [-0.3, -0.25) is 4.79 Å². The van der Waals surface area contributed by atoms with E-state index < -0.39 is 27.8 Å². The van der Waals surface area contributed by atoms with Crippen LogP contribution in [0.1, 0.15) is 12.8 Å². The molecular weight excluding hydrogens is 469 g/mol. The van der Waals surface area contributed by atoms with Crippen LogP contribution >= 0.6 is 11.3 Å². The molecular formula is C22H24FN3O5S2. The average molecular weight is 494 g/mol. The zero-order chi connectivity index (χ0) is 23.6. The molecule has 0 spiro atoms. The number of ether oxygens (including phenoxy) is 2. The van der Waals surface area contributed by atoms with Crippen LogP contribution in [-0.4, -0.2) is 56.6 Å². The number of sulfonamides is 1. The van der Waals surface area contributed by atoms with Gasteiger partial charge in [0.2, 0.25) is 10.0 Å². The van der Waals surface area contributed by atoms with Crippen LogP contribution in [0.15, 0.2) is 52.4 Å². The normalized spacial score (nSPS) is 17.7. The number of fused-ring (bicyclic) bond motifs is 1. The molecule has 8 nitrogen and oxygen atoms in total. The van der Waals surface area contributed by atoms with Gasteiger partial charge >= 0.3 is 0 Å². The van der Waals surface area contributed by atoms with Crippen molar-refractivity contribution in [3.05, 3.63) is 53.1 Å². The van der Waals surface area contributed by atoms with Gasteiger partial charge in [0.15, 0.2) is 4.80 Å². The molecule has 176 valence electrons. The van der Waals surface area contributed by atoms with Gasteiger partial charge in [-0.05, 0) is 55.3 Å². The van der Waals surface area contributed by atoms with E-state index in [9.17, 15) is 17.6 Å². The minimum absolute atomic E-state index is 0.0484. The fourth-order valence-corrected chi connectivity index (χ4v) is 6.59. The zero-order valence-electron chi connectivity index (χ0n) is 18.2. The van der Waals surface area contributed by atoms with Gasteiger partial charge in [-0.25, -0.2) is 12.8 Å². The van der Waals surface area contributed by atoms with Gasteiger partial charge in [0, 0.05) is 20.2 Å². The van der Waals surface area contributed by atoms with Gasteiger partial charge in [0.05, 0.1) is 28.8 Å². The summed E-state index contributed by atoms with van der Waals surface area (Å²) >= 11 is 1.33. The number of hydrogen-bond donors (Lipinski definition) is 0. The Morgan fingerprint density at radius 3 is 2.67 bits per heavy atom. The van der Waals surface area contributed by atoms with E-state index >= 15 is 0 Å². The Bertz CT molecular complexity index is 1330. The lowest BCUT2D eigenvalue weighted by Crippen LogP contribution is -2.40. The molecule has 1 aromatic heterocycles. The first-order chi connectivity index (χ1) is 15.8. The number of nitrogens with zero attached hydrogens (tertiary/aromatic N) is 3. The van der Waals surface area contributed by atoms with Crippen molar-refractivity contribution in [2.75, 3.05) is 27.4 Å². The number of rotatable bonds is 7. The first kappa shape index (κ1) is 23.6. The van der Waals surface area contributed by atoms with Gasteiger partial charge in [0.1, 0.15) is 17.6 Å². The van der Waals surface area contributed by atoms with Crippen LogP contribution in [0.5, 0.6) is 5.75 Å². The number of halogens is 1. The van der Waals surface area contributed by atoms with Gasteiger partial charge in [0.25, 0.3) is 5.91 Å². The predicted molar refractivity (Wildman–Crippen MR) is 122 cm³/mol. The lowest BCUT2D eigenvalue weighted by atomic mass is 10.2. The van der Waals surface area contributed by atoms with Crippen molar-refractivity contribution in [1.29, 1.82) is 0 Å². The second-order valence-electron chi connectivity index (χ2n) is 7.54. The Labute approximate surface area is 194 Å². The van der Waals surface area contributed by atoms with Gasteiger partial charge in [-0.15, -0.1) is 0 Å². The first-order valence-corrected chi connectivity index (χ1v) is 12.6. The maximum atomic E-state index is 13.3. The molecule has 11 heteroatoms. The summed E-state index contributed by atoms with van der Waals surface area (Å²) in [6.07, 6.45) is 0.916. The summed E-state index contributed by atoms with van der Waals surface area (Å²) in [4.78, 5) is 17.9. The fraction of sp³-hybridized carbons (Fsp3) is 0.364. The summed E-state index contributed by atoms with van der Waals surface area (Å²) in [7, 11) is -0.778. The number of amides is 1. The molecule has 1 fully saturated rings. The Morgan fingerprint density at radius 2 is 1.97 bits per heavy atom. The van der Waals surface area contributed by atoms with E-state index in [-0.39, 0.29) is 11.4 Å². The van der Waals surface area contributed by atoms with Crippen LogP contribution in [-0.2, 0) is 26.1 Å². The quantitative estimate of drug-likeness (QED) is 0.505. The van der Waals surface area contributed by atoms with Gasteiger partial charge in [-0.1, -0.05) is 11.3 Å². The second kappa shape index (κ2) is 9.72. The number of thiazole rings is 1. The minimum atomic E-state index is -3.95. The molecule has 0 bridgehead atoms. The maximum absolute atomic E-state index is 13.3. The summed E-state index contributed by atoms with van der Waals surface area (Å²) in [5.74, 6) is -0.365. The molecule has 4 rings (SSSR count). The highest BCUT2D eigenvalue weighted by Crippen LogP contribution is 2.27. The van der Waals surface area contributed by atoms with Crippen molar-refractivity contribution >= 4 is 37.5 Å². The monoisotopic (exact) mass is 493 g/mol. The molecule has 2 heterocycles. The van der Waals surface area contributed by atoms with E-state index in [2.05, 4.69) is 4.99 Å². The lowest BCUT2D eigenvalue weighted by Gasteiger charge is -2.21. The average Bonchev–Trinajstić information content (AvgIpc) is 3.43. The number of carbonyl (C=O) groups is 1. The zero-order valence-corrected chi connectivity index (χ0v) is 19.9. The van der Waals surface area contributed by atoms with E-state index in [1.807, 2.05) is 22.8 Å². The predicted octanol–water partition coefficient (Wildman–Crippen LogP) is 2.78. The van der Waals surface area contributed by atoms with E-state index in [1.54, 1.807) is 14.2 Å². The smallest absolute Gasteiger partial charge is 0.266 e. The maximum Gasteiger partial charge on any atom is 0.266 e. The molecule has 2 aromatic carbocycles. The van der Waals surface area contributed by atoms with Crippen LogP contribution in [0, 0.1) is 5.82 Å². The highest BCUT2D eigenvalue weighted by atomic mass is 32.2. The molecule has 0 aliphatic carbocycles. The number of benzene rings is 2. The van der Waals surface area contributed by atoms with Crippen LogP contribution in [0.3, 0.4) is 0 Å². The SMILES string of the molecule is COCCn1c(=NC(=O)C2CCCN2S(=O)(=O)c2ccc(F)cc2)sc2cc(OC)ccc21. The second-order valence-corrected chi connectivity index (χ2v) is 10.4. The third-order valence-corrected chi connectivity index (χ3v) is 8.49. The minimum Gasteiger partial charge on any atom is -0.497 e. The molecule has 1 amide bonds. The van der Waals surface area contributed by atoms with Crippen molar-refractivity contribution in [3.63, 3.8) is 0 Å². The van der Waals surface area contributed by atoms with Crippen LogP contribution in [0.4, 0.5) is 4.39 Å². The third-order valence-electron chi connectivity index (χ3n) is 5.52. The lowest BCUT2D eigenvalue weighted by molar-refractivity contribution is -0.121. The topological polar surface area (TPSA) is 90.2 Å².